The first-order valence-corrected chi connectivity index (χ1v) is 10.3. The molecule has 0 saturated carbocycles. The van der Waals surface area contributed by atoms with E-state index in [1.165, 1.54) is 6.08 Å². The van der Waals surface area contributed by atoms with Crippen LogP contribution in [0.2, 0.25) is 0 Å². The van der Waals surface area contributed by atoms with Gasteiger partial charge >= 0.3 is 12.1 Å². The molecule has 2 aromatic carbocycles. The van der Waals surface area contributed by atoms with Gasteiger partial charge in [-0.3, -0.25) is 0 Å². The number of hydrogen-bond acceptors (Lipinski definition) is 4. The second-order valence-corrected chi connectivity index (χ2v) is 7.91. The van der Waals surface area contributed by atoms with Gasteiger partial charge in [0.05, 0.1) is 0 Å². The van der Waals surface area contributed by atoms with E-state index in [9.17, 15) is 18.0 Å². The number of fused-ring (bicyclic) bond motifs is 1. The third kappa shape index (κ3) is 6.93. The van der Waals surface area contributed by atoms with Crippen molar-refractivity contribution in [3.8, 4) is 11.5 Å². The van der Waals surface area contributed by atoms with Crippen LogP contribution in [-0.2, 0) is 22.6 Å². The Balaban J connectivity index is 1.56. The van der Waals surface area contributed by atoms with Gasteiger partial charge in [-0.15, -0.1) is 0 Å². The summed E-state index contributed by atoms with van der Waals surface area (Å²) in [5.41, 5.74) is 1.52. The highest BCUT2D eigenvalue weighted by molar-refractivity contribution is 5.84. The minimum atomic E-state index is -4.60. The van der Waals surface area contributed by atoms with Gasteiger partial charge in [-0.2, -0.15) is 13.2 Å². The van der Waals surface area contributed by atoms with Crippen molar-refractivity contribution in [2.45, 2.75) is 51.0 Å². The van der Waals surface area contributed by atoms with Gasteiger partial charge in [0.1, 0.15) is 23.7 Å². The Bertz CT molecular complexity index is 956. The van der Waals surface area contributed by atoms with Gasteiger partial charge in [0.2, 0.25) is 5.76 Å². The van der Waals surface area contributed by atoms with E-state index in [2.05, 4.69) is 4.74 Å². The molecule has 0 aromatic heterocycles. The number of carboxylic acid groups (broad SMARTS) is 1. The molecule has 0 amide bonds. The number of hydrogen-bond donors (Lipinski definition) is 1. The van der Waals surface area contributed by atoms with Gasteiger partial charge in [-0.25, -0.2) is 4.79 Å². The molecule has 1 N–H and O–H groups in total. The predicted octanol–water partition coefficient (Wildman–Crippen LogP) is 5.68. The summed E-state index contributed by atoms with van der Waals surface area (Å²) in [7, 11) is 0. The molecule has 32 heavy (non-hydrogen) atoms. The van der Waals surface area contributed by atoms with Crippen LogP contribution in [0.25, 0.3) is 0 Å². The first kappa shape index (κ1) is 23.5. The number of allylic oxidation sites excluding steroid dienone is 1. The Morgan fingerprint density at radius 3 is 2.66 bits per heavy atom. The summed E-state index contributed by atoms with van der Waals surface area (Å²) in [6.45, 7) is 0.731. The second kappa shape index (κ2) is 9.97. The van der Waals surface area contributed by atoms with Crippen molar-refractivity contribution < 1.29 is 37.3 Å². The largest absolute Gasteiger partial charge is 0.489 e. The molecule has 8 heteroatoms. The highest BCUT2D eigenvalue weighted by atomic mass is 19.4. The zero-order chi connectivity index (χ0) is 23.2. The normalized spacial score (nSPS) is 18.4. The monoisotopic (exact) mass is 450 g/mol. The SMILES string of the molecule is CC1(CC/C=C(\OCC(F)(F)F)C(=O)O)CCc2cc(OCc3ccccc3)ccc2O1. The first-order chi connectivity index (χ1) is 15.1. The average molecular weight is 450 g/mol. The summed E-state index contributed by atoms with van der Waals surface area (Å²) in [5, 5.41) is 9.04. The number of benzene rings is 2. The molecule has 0 fully saturated rings. The summed E-state index contributed by atoms with van der Waals surface area (Å²) in [4.78, 5) is 11.1. The van der Waals surface area contributed by atoms with Crippen LogP contribution < -0.4 is 9.47 Å². The maximum atomic E-state index is 12.3. The van der Waals surface area contributed by atoms with E-state index in [1.54, 1.807) is 0 Å². The third-order valence-electron chi connectivity index (χ3n) is 5.16. The van der Waals surface area contributed by atoms with Crippen molar-refractivity contribution in [3.05, 3.63) is 71.5 Å². The van der Waals surface area contributed by atoms with E-state index < -0.39 is 30.1 Å². The second-order valence-electron chi connectivity index (χ2n) is 7.91. The van der Waals surface area contributed by atoms with Crippen molar-refractivity contribution in [2.24, 2.45) is 0 Å². The fraction of sp³-hybridized carbons (Fsp3) is 0.375. The number of ether oxygens (including phenoxy) is 3. The van der Waals surface area contributed by atoms with E-state index in [4.69, 9.17) is 14.6 Å². The van der Waals surface area contributed by atoms with Crippen LogP contribution in [-0.4, -0.2) is 29.5 Å². The first-order valence-electron chi connectivity index (χ1n) is 10.3. The minimum Gasteiger partial charge on any atom is -0.489 e. The topological polar surface area (TPSA) is 65.0 Å². The van der Waals surface area contributed by atoms with Crippen LogP contribution in [0.5, 0.6) is 11.5 Å². The number of halogens is 3. The Hall–Kier alpha value is -3.16. The van der Waals surface area contributed by atoms with Gasteiger partial charge in [-0.1, -0.05) is 30.3 Å². The lowest BCUT2D eigenvalue weighted by atomic mass is 9.88. The van der Waals surface area contributed by atoms with Crippen LogP contribution in [0.15, 0.2) is 60.4 Å². The molecular formula is C24H25F3O5. The Morgan fingerprint density at radius 2 is 1.97 bits per heavy atom. The van der Waals surface area contributed by atoms with E-state index in [0.717, 1.165) is 29.0 Å². The summed E-state index contributed by atoms with van der Waals surface area (Å²) < 4.78 is 53.2. The number of aliphatic carboxylic acids is 1. The third-order valence-corrected chi connectivity index (χ3v) is 5.16. The lowest BCUT2D eigenvalue weighted by Gasteiger charge is -2.36. The maximum Gasteiger partial charge on any atom is 0.422 e. The van der Waals surface area contributed by atoms with Gasteiger partial charge < -0.3 is 19.3 Å². The average Bonchev–Trinajstić information content (AvgIpc) is 2.74. The number of carbonyl (C=O) groups is 1. The molecule has 2 aromatic rings. The van der Waals surface area contributed by atoms with Crippen molar-refractivity contribution in [3.63, 3.8) is 0 Å². The summed E-state index contributed by atoms with van der Waals surface area (Å²) in [6, 6.07) is 15.5. The fourth-order valence-corrected chi connectivity index (χ4v) is 3.45. The van der Waals surface area contributed by atoms with Crippen LogP contribution in [0.3, 0.4) is 0 Å². The Labute approximate surface area is 184 Å². The Kier molecular flexibility index (Phi) is 7.33. The molecule has 1 unspecified atom stereocenters. The van der Waals surface area contributed by atoms with E-state index in [-0.39, 0.29) is 6.42 Å². The van der Waals surface area contributed by atoms with E-state index in [0.29, 0.717) is 19.4 Å². The molecule has 0 radical (unpaired) electrons. The quantitative estimate of drug-likeness (QED) is 0.394. The number of alkyl halides is 3. The standard InChI is InChI=1S/C24H25F3O5/c1-23(12-5-8-21(22(28)29)31-16-24(25,26)27)13-11-18-14-19(9-10-20(18)32-23)30-15-17-6-3-2-4-7-17/h2-4,6-10,14H,5,11-13,15-16H2,1H3,(H,28,29)/b21-8-. The van der Waals surface area contributed by atoms with E-state index >= 15 is 0 Å². The number of aryl methyl sites for hydroxylation is 1. The lowest BCUT2D eigenvalue weighted by molar-refractivity contribution is -0.169. The van der Waals surface area contributed by atoms with Crippen LogP contribution >= 0.6 is 0 Å². The predicted molar refractivity (Wildman–Crippen MR) is 112 cm³/mol. The molecule has 1 aliphatic heterocycles. The fourth-order valence-electron chi connectivity index (χ4n) is 3.45. The van der Waals surface area contributed by atoms with Crippen molar-refractivity contribution in [2.75, 3.05) is 6.61 Å². The smallest absolute Gasteiger partial charge is 0.422 e. The summed E-state index contributed by atoms with van der Waals surface area (Å²) >= 11 is 0. The lowest BCUT2D eigenvalue weighted by Crippen LogP contribution is -2.36. The van der Waals surface area contributed by atoms with Crippen molar-refractivity contribution in [1.82, 2.24) is 0 Å². The molecule has 5 nitrogen and oxygen atoms in total. The zero-order valence-corrected chi connectivity index (χ0v) is 17.7. The minimum absolute atomic E-state index is 0.212. The molecule has 0 saturated heterocycles. The summed E-state index contributed by atoms with van der Waals surface area (Å²) in [5.74, 6) is -0.767. The molecule has 172 valence electrons. The molecule has 1 atom stereocenters. The summed E-state index contributed by atoms with van der Waals surface area (Å²) in [6.07, 6.45) is -1.36. The molecule has 0 bridgehead atoms. The molecule has 1 aliphatic rings. The van der Waals surface area contributed by atoms with Crippen molar-refractivity contribution in [1.29, 1.82) is 0 Å². The number of carboxylic acids is 1. The van der Waals surface area contributed by atoms with Gasteiger partial charge in [0.25, 0.3) is 0 Å². The van der Waals surface area contributed by atoms with Crippen LogP contribution in [0, 0.1) is 0 Å². The Morgan fingerprint density at radius 1 is 1.22 bits per heavy atom. The van der Waals surface area contributed by atoms with E-state index in [1.807, 2.05) is 55.5 Å². The molecule has 3 rings (SSSR count). The highest BCUT2D eigenvalue weighted by Gasteiger charge is 2.32. The van der Waals surface area contributed by atoms with Crippen LogP contribution in [0.1, 0.15) is 37.3 Å². The van der Waals surface area contributed by atoms with Gasteiger partial charge in [-0.05, 0) is 68.0 Å². The molecule has 1 heterocycles. The van der Waals surface area contributed by atoms with Gasteiger partial charge in [0, 0.05) is 0 Å². The van der Waals surface area contributed by atoms with Gasteiger partial charge in [0.15, 0.2) is 6.61 Å². The van der Waals surface area contributed by atoms with Crippen molar-refractivity contribution >= 4 is 5.97 Å². The molecule has 0 aliphatic carbocycles. The molecule has 0 spiro atoms. The molecular weight excluding hydrogens is 425 g/mol. The highest BCUT2D eigenvalue weighted by Crippen LogP contribution is 2.37. The number of rotatable bonds is 9. The zero-order valence-electron chi connectivity index (χ0n) is 17.7. The van der Waals surface area contributed by atoms with Crippen LogP contribution in [0.4, 0.5) is 13.2 Å². The maximum absolute atomic E-state index is 12.3.